The lowest BCUT2D eigenvalue weighted by atomic mass is 9.76. The summed E-state index contributed by atoms with van der Waals surface area (Å²) < 4.78 is 0. The Kier molecular flexibility index (Phi) is 11.3. The number of allylic oxidation sites excluding steroid dienone is 1. The molecule has 0 heterocycles. The van der Waals surface area contributed by atoms with E-state index in [1.807, 2.05) is 0 Å². The summed E-state index contributed by atoms with van der Waals surface area (Å²) in [6.45, 7) is 2.19. The number of amides is 1. The van der Waals surface area contributed by atoms with Gasteiger partial charge in [0.2, 0.25) is 5.91 Å². The number of nitrogens with one attached hydrogen (secondary N) is 1. The number of hydrogen-bond acceptors (Lipinski definition) is 3. The number of aliphatic hydroxyl groups excluding tert-OH is 2. The van der Waals surface area contributed by atoms with E-state index < -0.39 is 5.54 Å². The molecule has 1 amide bonds. The molecular weight excluding hydrogens is 362 g/mol. The molecular formula is C25H45NO3. The van der Waals surface area contributed by atoms with Gasteiger partial charge in [0.15, 0.2) is 0 Å². The van der Waals surface area contributed by atoms with Crippen molar-refractivity contribution >= 4 is 5.91 Å². The lowest BCUT2D eigenvalue weighted by molar-refractivity contribution is -0.125. The molecule has 168 valence electrons. The van der Waals surface area contributed by atoms with Crippen LogP contribution >= 0.6 is 0 Å². The summed E-state index contributed by atoms with van der Waals surface area (Å²) in [5.41, 5.74) is -0.651. The first-order valence-corrected chi connectivity index (χ1v) is 12.4. The Morgan fingerprint density at radius 1 is 0.897 bits per heavy atom. The van der Waals surface area contributed by atoms with Crippen molar-refractivity contribution in [2.45, 2.75) is 109 Å². The van der Waals surface area contributed by atoms with E-state index in [0.29, 0.717) is 6.42 Å². The second kappa shape index (κ2) is 13.4. The van der Waals surface area contributed by atoms with Crippen LogP contribution in [0, 0.1) is 17.8 Å². The van der Waals surface area contributed by atoms with Gasteiger partial charge in [0.05, 0.1) is 12.1 Å². The van der Waals surface area contributed by atoms with Gasteiger partial charge in [-0.25, -0.2) is 0 Å². The van der Waals surface area contributed by atoms with E-state index in [2.05, 4.69) is 24.4 Å². The molecule has 4 atom stereocenters. The number of carbonyl (C=O) groups is 1. The van der Waals surface area contributed by atoms with Gasteiger partial charge in [0, 0.05) is 24.9 Å². The molecule has 0 aromatic heterocycles. The second-order valence-electron chi connectivity index (χ2n) is 9.42. The lowest BCUT2D eigenvalue weighted by Gasteiger charge is -2.40. The van der Waals surface area contributed by atoms with Crippen LogP contribution in [-0.4, -0.2) is 34.9 Å². The van der Waals surface area contributed by atoms with Crippen LogP contribution in [0.1, 0.15) is 103 Å². The fraction of sp³-hybridized carbons (Fsp3) is 0.880. The van der Waals surface area contributed by atoms with Gasteiger partial charge in [-0.2, -0.15) is 0 Å². The minimum atomic E-state index is -0.651. The molecule has 0 unspecified atom stereocenters. The van der Waals surface area contributed by atoms with Gasteiger partial charge in [-0.05, 0) is 18.8 Å². The van der Waals surface area contributed by atoms with Gasteiger partial charge < -0.3 is 15.5 Å². The summed E-state index contributed by atoms with van der Waals surface area (Å²) in [7, 11) is 0. The average Bonchev–Trinajstić information content (AvgIpc) is 3.31. The van der Waals surface area contributed by atoms with Gasteiger partial charge in [0.1, 0.15) is 0 Å². The number of fused-ring (bicyclic) bond motifs is 2. The zero-order chi connectivity index (χ0) is 21.0. The summed E-state index contributed by atoms with van der Waals surface area (Å²) in [6, 6.07) is 0. The van der Waals surface area contributed by atoms with Crippen LogP contribution in [0.25, 0.3) is 0 Å². The first kappa shape index (κ1) is 24.4. The first-order chi connectivity index (χ1) is 14.2. The number of hydrogen-bond donors (Lipinski definition) is 3. The van der Waals surface area contributed by atoms with Gasteiger partial charge in [0.25, 0.3) is 0 Å². The molecule has 4 heteroatoms. The molecule has 2 aliphatic rings. The van der Waals surface area contributed by atoms with Crippen LogP contribution in [0.3, 0.4) is 0 Å². The molecule has 0 spiro atoms. The molecule has 2 rings (SSSR count). The Morgan fingerprint density at radius 3 is 1.97 bits per heavy atom. The zero-order valence-corrected chi connectivity index (χ0v) is 18.7. The van der Waals surface area contributed by atoms with E-state index >= 15 is 0 Å². The lowest BCUT2D eigenvalue weighted by Crippen LogP contribution is -2.60. The Labute approximate surface area is 178 Å². The third-order valence-electron chi connectivity index (χ3n) is 7.29. The number of carbonyl (C=O) groups excluding carboxylic acids is 1. The Hall–Kier alpha value is -0.870. The zero-order valence-electron chi connectivity index (χ0n) is 18.7. The van der Waals surface area contributed by atoms with Crippen molar-refractivity contribution < 1.29 is 15.0 Å². The molecule has 4 nitrogen and oxygen atoms in total. The summed E-state index contributed by atoms with van der Waals surface area (Å²) in [5, 5.41) is 22.9. The quantitative estimate of drug-likeness (QED) is 0.231. The predicted octanol–water partition coefficient (Wildman–Crippen LogP) is 5.13. The van der Waals surface area contributed by atoms with Gasteiger partial charge in [-0.1, -0.05) is 96.1 Å². The maximum atomic E-state index is 12.5. The van der Waals surface area contributed by atoms with Crippen LogP contribution in [0.5, 0.6) is 0 Å². The molecule has 1 fully saturated rings. The molecule has 2 bridgehead atoms. The third kappa shape index (κ3) is 7.10. The summed E-state index contributed by atoms with van der Waals surface area (Å²) >= 11 is 0. The molecule has 29 heavy (non-hydrogen) atoms. The fourth-order valence-corrected chi connectivity index (χ4v) is 5.45. The number of rotatable bonds is 17. The fourth-order valence-electron chi connectivity index (χ4n) is 5.45. The third-order valence-corrected chi connectivity index (χ3v) is 7.29. The van der Waals surface area contributed by atoms with Crippen molar-refractivity contribution in [3.8, 4) is 0 Å². The highest BCUT2D eigenvalue weighted by atomic mass is 16.3. The molecule has 0 aromatic carbocycles. The summed E-state index contributed by atoms with van der Waals surface area (Å²) in [6.07, 6.45) is 22.6. The predicted molar refractivity (Wildman–Crippen MR) is 120 cm³/mol. The van der Waals surface area contributed by atoms with Crippen LogP contribution in [0.4, 0.5) is 0 Å². The highest BCUT2D eigenvalue weighted by Gasteiger charge is 2.56. The Balaban J connectivity index is 1.49. The standard InChI is InChI=1S/C25H45NO3/c1-2-3-4-5-6-7-8-9-10-11-12-13-14-15-24(29)26-25(20-28)22-17-16-21(18-22)23(25)19-27/h16-17,21-23,27-28H,2-15,18-20H2,1H3,(H,26,29)/t21-,22+,23+,25+/m0/s1. The topological polar surface area (TPSA) is 69.6 Å². The van der Waals surface area contributed by atoms with E-state index in [0.717, 1.165) is 19.3 Å². The van der Waals surface area contributed by atoms with Gasteiger partial charge in [-0.15, -0.1) is 0 Å². The molecule has 3 N–H and O–H groups in total. The van der Waals surface area contributed by atoms with Crippen LogP contribution in [0.15, 0.2) is 12.2 Å². The summed E-state index contributed by atoms with van der Waals surface area (Å²) in [5.74, 6) is 0.415. The van der Waals surface area contributed by atoms with Crippen molar-refractivity contribution in [1.29, 1.82) is 0 Å². The maximum Gasteiger partial charge on any atom is 0.220 e. The highest BCUT2D eigenvalue weighted by molar-refractivity contribution is 5.77. The SMILES string of the molecule is CCCCCCCCCCCCCCCC(=O)N[C@]1(CO)[C@@H]2C=C[C@@H](C2)[C@H]1CO. The van der Waals surface area contributed by atoms with Crippen molar-refractivity contribution in [2.75, 3.05) is 13.2 Å². The number of unbranched alkanes of at least 4 members (excludes halogenated alkanes) is 12. The minimum absolute atomic E-state index is 0.0189. The maximum absolute atomic E-state index is 12.5. The molecule has 2 aliphatic carbocycles. The smallest absolute Gasteiger partial charge is 0.220 e. The van der Waals surface area contributed by atoms with E-state index in [-0.39, 0.29) is 36.9 Å². The van der Waals surface area contributed by atoms with E-state index in [4.69, 9.17) is 0 Å². The van der Waals surface area contributed by atoms with Crippen molar-refractivity contribution in [2.24, 2.45) is 17.8 Å². The normalized spacial score (nSPS) is 27.6. The summed E-state index contributed by atoms with van der Waals surface area (Å²) in [4.78, 5) is 12.5. The van der Waals surface area contributed by atoms with Crippen LogP contribution in [-0.2, 0) is 4.79 Å². The molecule has 0 aliphatic heterocycles. The largest absolute Gasteiger partial charge is 0.396 e. The van der Waals surface area contributed by atoms with Crippen LogP contribution < -0.4 is 5.32 Å². The monoisotopic (exact) mass is 407 g/mol. The van der Waals surface area contributed by atoms with Crippen molar-refractivity contribution in [3.05, 3.63) is 12.2 Å². The van der Waals surface area contributed by atoms with Gasteiger partial charge >= 0.3 is 0 Å². The van der Waals surface area contributed by atoms with E-state index in [9.17, 15) is 15.0 Å². The minimum Gasteiger partial charge on any atom is -0.396 e. The molecule has 0 aromatic rings. The molecule has 0 saturated heterocycles. The molecule has 1 saturated carbocycles. The Bertz CT molecular complexity index is 492. The van der Waals surface area contributed by atoms with Gasteiger partial charge in [-0.3, -0.25) is 4.79 Å². The Morgan fingerprint density at radius 2 is 1.45 bits per heavy atom. The van der Waals surface area contributed by atoms with Crippen molar-refractivity contribution in [1.82, 2.24) is 5.32 Å². The average molecular weight is 408 g/mol. The van der Waals surface area contributed by atoms with E-state index in [1.165, 1.54) is 70.6 Å². The molecule has 0 radical (unpaired) electrons. The number of aliphatic hydroxyl groups is 2. The van der Waals surface area contributed by atoms with Crippen molar-refractivity contribution in [3.63, 3.8) is 0 Å². The van der Waals surface area contributed by atoms with E-state index in [1.54, 1.807) is 0 Å². The first-order valence-electron chi connectivity index (χ1n) is 12.4. The highest BCUT2D eigenvalue weighted by Crippen LogP contribution is 2.50. The second-order valence-corrected chi connectivity index (χ2v) is 9.42. The van der Waals surface area contributed by atoms with Crippen LogP contribution in [0.2, 0.25) is 0 Å².